The molecule has 3 amide bonds. The number of hydrogen-bond acceptors (Lipinski definition) is 4. The highest BCUT2D eigenvalue weighted by atomic mass is 16.2. The van der Waals surface area contributed by atoms with E-state index >= 15 is 0 Å². The van der Waals surface area contributed by atoms with E-state index in [1.165, 1.54) is 4.90 Å². The minimum atomic E-state index is -0.733. The Bertz CT molecular complexity index is 794. The molecule has 1 aromatic heterocycles. The molecule has 1 fully saturated rings. The highest BCUT2D eigenvalue weighted by molar-refractivity contribution is 6.08. The van der Waals surface area contributed by atoms with E-state index < -0.39 is 11.9 Å². The second-order valence-corrected chi connectivity index (χ2v) is 5.65. The van der Waals surface area contributed by atoms with Gasteiger partial charge in [-0.05, 0) is 44.2 Å². The van der Waals surface area contributed by atoms with Crippen molar-refractivity contribution in [1.29, 1.82) is 0 Å². The number of rotatable bonds is 4. The highest BCUT2D eigenvalue weighted by Crippen LogP contribution is 2.17. The summed E-state index contributed by atoms with van der Waals surface area (Å²) in [5.41, 5.74) is 2.31. The molecule has 24 heavy (non-hydrogen) atoms. The van der Waals surface area contributed by atoms with Crippen LogP contribution in [0.1, 0.15) is 29.4 Å². The van der Waals surface area contributed by atoms with Crippen molar-refractivity contribution in [3.8, 4) is 5.69 Å². The molecule has 124 valence electrons. The fraction of sp³-hybridized carbons (Fsp3) is 0.294. The minimum absolute atomic E-state index is 0.0168. The van der Waals surface area contributed by atoms with Gasteiger partial charge in [0.1, 0.15) is 6.04 Å². The molecule has 2 heterocycles. The highest BCUT2D eigenvalue weighted by Gasteiger charge is 2.37. The predicted molar refractivity (Wildman–Crippen MR) is 86.6 cm³/mol. The van der Waals surface area contributed by atoms with E-state index in [0.717, 1.165) is 11.4 Å². The van der Waals surface area contributed by atoms with Crippen molar-refractivity contribution >= 4 is 17.7 Å². The first kappa shape index (κ1) is 15.9. The van der Waals surface area contributed by atoms with E-state index in [0.29, 0.717) is 12.1 Å². The number of aromatic nitrogens is 2. The zero-order valence-corrected chi connectivity index (χ0v) is 13.5. The third-order valence-electron chi connectivity index (χ3n) is 4.11. The molecule has 2 aromatic rings. The average molecular weight is 326 g/mol. The predicted octanol–water partition coefficient (Wildman–Crippen LogP) is 1.06. The second kappa shape index (κ2) is 6.27. The Hall–Kier alpha value is -2.96. The Morgan fingerprint density at radius 1 is 1.29 bits per heavy atom. The van der Waals surface area contributed by atoms with Gasteiger partial charge in [0.2, 0.25) is 11.8 Å². The third kappa shape index (κ3) is 2.80. The maximum absolute atomic E-state index is 12.7. The van der Waals surface area contributed by atoms with Gasteiger partial charge >= 0.3 is 0 Å². The number of hydrogen-bond donors (Lipinski definition) is 1. The first-order valence-corrected chi connectivity index (χ1v) is 7.77. The third-order valence-corrected chi connectivity index (χ3v) is 4.11. The standard InChI is InChI=1S/C17H18N4O3/c1-3-20(14-10-15(22)19-16(14)23)17(24)12-4-6-13(7-5-12)21-11(2)8-9-18-21/h4-9,14H,3,10H2,1-2H3,(H,19,22,23)/t14-/m0/s1. The lowest BCUT2D eigenvalue weighted by atomic mass is 10.1. The van der Waals surface area contributed by atoms with Gasteiger partial charge < -0.3 is 4.90 Å². The van der Waals surface area contributed by atoms with Crippen LogP contribution in [0.15, 0.2) is 36.5 Å². The lowest BCUT2D eigenvalue weighted by Gasteiger charge is -2.25. The fourth-order valence-electron chi connectivity index (χ4n) is 2.85. The van der Waals surface area contributed by atoms with Crippen molar-refractivity contribution in [2.75, 3.05) is 6.54 Å². The molecule has 0 bridgehead atoms. The summed E-state index contributed by atoms with van der Waals surface area (Å²) in [6.07, 6.45) is 1.73. The van der Waals surface area contributed by atoms with Crippen molar-refractivity contribution in [3.05, 3.63) is 47.8 Å². The van der Waals surface area contributed by atoms with Crippen LogP contribution < -0.4 is 5.32 Å². The fourth-order valence-corrected chi connectivity index (χ4v) is 2.85. The molecule has 0 aliphatic carbocycles. The minimum Gasteiger partial charge on any atom is -0.326 e. The van der Waals surface area contributed by atoms with Gasteiger partial charge in [0.15, 0.2) is 0 Å². The van der Waals surface area contributed by atoms with E-state index in [1.54, 1.807) is 42.1 Å². The van der Waals surface area contributed by atoms with Crippen molar-refractivity contribution < 1.29 is 14.4 Å². The zero-order chi connectivity index (χ0) is 17.3. The molecule has 3 rings (SSSR count). The average Bonchev–Trinajstić information content (AvgIpc) is 3.14. The number of amides is 3. The maximum Gasteiger partial charge on any atom is 0.254 e. The largest absolute Gasteiger partial charge is 0.326 e. The quantitative estimate of drug-likeness (QED) is 0.852. The Labute approximate surface area is 139 Å². The molecule has 1 atom stereocenters. The number of carbonyl (C=O) groups is 3. The summed E-state index contributed by atoms with van der Waals surface area (Å²) >= 11 is 0. The van der Waals surface area contributed by atoms with E-state index in [9.17, 15) is 14.4 Å². The van der Waals surface area contributed by atoms with Gasteiger partial charge in [0.25, 0.3) is 5.91 Å². The van der Waals surface area contributed by atoms with Gasteiger partial charge in [-0.3, -0.25) is 19.7 Å². The van der Waals surface area contributed by atoms with Crippen LogP contribution in [0, 0.1) is 6.92 Å². The van der Waals surface area contributed by atoms with Gasteiger partial charge in [0.05, 0.1) is 12.1 Å². The van der Waals surface area contributed by atoms with Crippen LogP contribution in [0.5, 0.6) is 0 Å². The topological polar surface area (TPSA) is 84.3 Å². The molecule has 0 unspecified atom stereocenters. The molecule has 0 radical (unpaired) electrons. The zero-order valence-electron chi connectivity index (χ0n) is 13.5. The van der Waals surface area contributed by atoms with Crippen LogP contribution in [0.25, 0.3) is 5.69 Å². The second-order valence-electron chi connectivity index (χ2n) is 5.65. The Balaban J connectivity index is 1.82. The van der Waals surface area contributed by atoms with Crippen molar-refractivity contribution in [2.24, 2.45) is 0 Å². The Morgan fingerprint density at radius 2 is 2.00 bits per heavy atom. The molecule has 0 spiro atoms. The van der Waals surface area contributed by atoms with Crippen LogP contribution in [-0.2, 0) is 9.59 Å². The van der Waals surface area contributed by atoms with Gasteiger partial charge in [-0.1, -0.05) is 0 Å². The van der Waals surface area contributed by atoms with E-state index in [-0.39, 0.29) is 18.2 Å². The summed E-state index contributed by atoms with van der Waals surface area (Å²) in [6, 6.07) is 8.19. The number of likely N-dealkylation sites (N-methyl/N-ethyl adjacent to an activating group) is 1. The van der Waals surface area contributed by atoms with E-state index in [2.05, 4.69) is 10.4 Å². The number of aryl methyl sites for hydroxylation is 1. The molecule has 0 saturated carbocycles. The van der Waals surface area contributed by atoms with Crippen LogP contribution in [0.2, 0.25) is 0 Å². The molecular formula is C17H18N4O3. The summed E-state index contributed by atoms with van der Waals surface area (Å²) in [5.74, 6) is -1.03. The van der Waals surface area contributed by atoms with Crippen molar-refractivity contribution in [3.63, 3.8) is 0 Å². The summed E-state index contributed by atoms with van der Waals surface area (Å²) in [5, 5.41) is 6.46. The van der Waals surface area contributed by atoms with Crippen molar-refractivity contribution in [2.45, 2.75) is 26.3 Å². The summed E-state index contributed by atoms with van der Waals surface area (Å²) in [6.45, 7) is 4.08. The Morgan fingerprint density at radius 3 is 2.50 bits per heavy atom. The molecular weight excluding hydrogens is 308 g/mol. The normalized spacial score (nSPS) is 17.0. The van der Waals surface area contributed by atoms with E-state index in [1.807, 2.05) is 13.0 Å². The first-order valence-electron chi connectivity index (χ1n) is 7.77. The van der Waals surface area contributed by atoms with E-state index in [4.69, 9.17) is 0 Å². The molecule has 1 saturated heterocycles. The van der Waals surface area contributed by atoms with Gasteiger partial charge in [-0.25, -0.2) is 4.68 Å². The smallest absolute Gasteiger partial charge is 0.254 e. The van der Waals surface area contributed by atoms with Crippen LogP contribution in [0.4, 0.5) is 0 Å². The first-order chi connectivity index (χ1) is 11.5. The Kier molecular flexibility index (Phi) is 4.16. The number of nitrogens with zero attached hydrogens (tertiary/aromatic N) is 3. The number of carbonyl (C=O) groups excluding carboxylic acids is 3. The van der Waals surface area contributed by atoms with Crippen LogP contribution >= 0.6 is 0 Å². The lowest BCUT2D eigenvalue weighted by molar-refractivity contribution is -0.126. The number of nitrogens with one attached hydrogen (secondary N) is 1. The molecule has 1 N–H and O–H groups in total. The summed E-state index contributed by atoms with van der Waals surface area (Å²) < 4.78 is 1.77. The molecule has 1 aliphatic rings. The molecule has 7 nitrogen and oxygen atoms in total. The van der Waals surface area contributed by atoms with Crippen molar-refractivity contribution in [1.82, 2.24) is 20.0 Å². The monoisotopic (exact) mass is 326 g/mol. The van der Waals surface area contributed by atoms with Crippen LogP contribution in [-0.4, -0.2) is 45.0 Å². The van der Waals surface area contributed by atoms with Crippen LogP contribution in [0.3, 0.4) is 0 Å². The SMILES string of the molecule is CCN(C(=O)c1ccc(-n2nccc2C)cc1)[C@H]1CC(=O)NC1=O. The summed E-state index contributed by atoms with van der Waals surface area (Å²) in [4.78, 5) is 37.3. The summed E-state index contributed by atoms with van der Waals surface area (Å²) in [7, 11) is 0. The lowest BCUT2D eigenvalue weighted by Crippen LogP contribution is -2.44. The van der Waals surface area contributed by atoms with Gasteiger partial charge in [-0.2, -0.15) is 5.10 Å². The maximum atomic E-state index is 12.7. The van der Waals surface area contributed by atoms with Gasteiger partial charge in [-0.15, -0.1) is 0 Å². The molecule has 1 aliphatic heterocycles. The number of benzene rings is 1. The van der Waals surface area contributed by atoms with Gasteiger partial charge in [0, 0.05) is 24.0 Å². The molecule has 1 aromatic carbocycles. The molecule has 7 heteroatoms. The number of imide groups is 1.